The van der Waals surface area contributed by atoms with E-state index in [4.69, 9.17) is 21.1 Å². The molecule has 4 aromatic rings. The number of fused-ring (bicyclic) bond motifs is 1. The highest BCUT2D eigenvalue weighted by atomic mass is 35.5. The average Bonchev–Trinajstić information content (AvgIpc) is 3.21. The van der Waals surface area contributed by atoms with Gasteiger partial charge in [0.15, 0.2) is 6.61 Å². The van der Waals surface area contributed by atoms with Crippen LogP contribution < -0.4 is 14.9 Å². The van der Waals surface area contributed by atoms with Gasteiger partial charge in [0, 0.05) is 15.6 Å². The van der Waals surface area contributed by atoms with Gasteiger partial charge < -0.3 is 9.47 Å². The molecule has 6 nitrogen and oxygen atoms in total. The number of esters is 1. The summed E-state index contributed by atoms with van der Waals surface area (Å²) in [5, 5.41) is 5.14. The number of para-hydroxylation sites is 2. The number of hydrogen-bond acceptors (Lipinski definition) is 6. The number of amides is 1. The third kappa shape index (κ3) is 5.95. The molecule has 176 valence electrons. The Morgan fingerprint density at radius 1 is 1.00 bits per heavy atom. The SMILES string of the molecule is C=CCc1ccccc1OCC(=O)NN=Cc1ccccc1OC(=O)c1sc2ccccc2c1Cl. The number of nitrogens with zero attached hydrogens (tertiary/aromatic N) is 1. The number of rotatable bonds is 9. The molecule has 3 aromatic carbocycles. The van der Waals surface area contributed by atoms with E-state index >= 15 is 0 Å². The molecule has 0 unspecified atom stereocenters. The number of hydrogen-bond donors (Lipinski definition) is 1. The van der Waals surface area contributed by atoms with E-state index in [1.54, 1.807) is 36.4 Å². The van der Waals surface area contributed by atoms with Crippen molar-refractivity contribution in [2.45, 2.75) is 6.42 Å². The normalized spacial score (nSPS) is 10.9. The summed E-state index contributed by atoms with van der Waals surface area (Å²) in [5.41, 5.74) is 3.87. The van der Waals surface area contributed by atoms with Gasteiger partial charge in [0.25, 0.3) is 5.91 Å². The molecule has 0 aliphatic rings. The average molecular weight is 505 g/mol. The number of ether oxygens (including phenoxy) is 2. The van der Waals surface area contributed by atoms with E-state index in [9.17, 15) is 9.59 Å². The maximum Gasteiger partial charge on any atom is 0.355 e. The lowest BCUT2D eigenvalue weighted by Crippen LogP contribution is -2.24. The van der Waals surface area contributed by atoms with Crippen molar-refractivity contribution >= 4 is 51.1 Å². The second-order valence-corrected chi connectivity index (χ2v) is 8.78. The fraction of sp³-hybridized carbons (Fsp3) is 0.0741. The fourth-order valence-electron chi connectivity index (χ4n) is 3.29. The molecule has 4 rings (SSSR count). The zero-order valence-corrected chi connectivity index (χ0v) is 20.1. The summed E-state index contributed by atoms with van der Waals surface area (Å²) in [6.45, 7) is 3.52. The summed E-state index contributed by atoms with van der Waals surface area (Å²) in [4.78, 5) is 25.3. The molecule has 1 amide bonds. The van der Waals surface area contributed by atoms with Gasteiger partial charge in [0.05, 0.1) is 11.2 Å². The Hall–Kier alpha value is -3.94. The summed E-state index contributed by atoms with van der Waals surface area (Å²) in [7, 11) is 0. The molecule has 0 saturated carbocycles. The molecule has 1 N–H and O–H groups in total. The van der Waals surface area contributed by atoms with E-state index in [2.05, 4.69) is 17.1 Å². The van der Waals surface area contributed by atoms with Gasteiger partial charge >= 0.3 is 5.97 Å². The molecular weight excluding hydrogens is 484 g/mol. The molecular formula is C27H21ClN2O4S. The van der Waals surface area contributed by atoms with Crippen LogP contribution in [0.5, 0.6) is 11.5 Å². The van der Waals surface area contributed by atoms with E-state index in [0.717, 1.165) is 15.6 Å². The maximum absolute atomic E-state index is 12.8. The van der Waals surface area contributed by atoms with Crippen LogP contribution in [0.4, 0.5) is 0 Å². The van der Waals surface area contributed by atoms with Gasteiger partial charge in [-0.3, -0.25) is 4.79 Å². The summed E-state index contributed by atoms with van der Waals surface area (Å²) in [5.74, 6) is -0.0869. The van der Waals surface area contributed by atoms with Crippen molar-refractivity contribution in [2.75, 3.05) is 6.61 Å². The number of thiophene rings is 1. The predicted octanol–water partition coefficient (Wildman–Crippen LogP) is 6.03. The molecule has 1 aromatic heterocycles. The van der Waals surface area contributed by atoms with Crippen molar-refractivity contribution in [3.63, 3.8) is 0 Å². The van der Waals surface area contributed by atoms with Gasteiger partial charge in [-0.2, -0.15) is 5.10 Å². The van der Waals surface area contributed by atoms with E-state index in [1.165, 1.54) is 17.6 Å². The fourth-order valence-corrected chi connectivity index (χ4v) is 4.67. The number of benzene rings is 3. The number of nitrogens with one attached hydrogen (secondary N) is 1. The minimum Gasteiger partial charge on any atom is -0.483 e. The Morgan fingerprint density at radius 2 is 1.71 bits per heavy atom. The van der Waals surface area contributed by atoms with Crippen molar-refractivity contribution in [3.05, 3.63) is 106 Å². The smallest absolute Gasteiger partial charge is 0.355 e. The van der Waals surface area contributed by atoms with Gasteiger partial charge in [-0.25, -0.2) is 10.2 Å². The van der Waals surface area contributed by atoms with Crippen LogP contribution in [-0.4, -0.2) is 24.7 Å². The standard InChI is InChI=1S/C27H21ClN2O4S/c1-2-9-18-10-3-6-13-21(18)33-17-24(31)30-29-16-19-11-4-7-14-22(19)34-27(32)26-25(28)20-12-5-8-15-23(20)35-26/h2-8,10-16H,1,9,17H2,(H,30,31). The Balaban J connectivity index is 1.38. The van der Waals surface area contributed by atoms with Crippen LogP contribution in [0.1, 0.15) is 20.8 Å². The number of carbonyl (C=O) groups excluding carboxylic acids is 2. The van der Waals surface area contributed by atoms with Crippen molar-refractivity contribution in [1.29, 1.82) is 0 Å². The molecule has 0 bridgehead atoms. The van der Waals surface area contributed by atoms with E-state index in [0.29, 0.717) is 33.4 Å². The van der Waals surface area contributed by atoms with Crippen molar-refractivity contribution < 1.29 is 19.1 Å². The highest BCUT2D eigenvalue weighted by molar-refractivity contribution is 7.21. The molecule has 0 aliphatic heterocycles. The van der Waals surface area contributed by atoms with Crippen LogP contribution >= 0.6 is 22.9 Å². The Labute approximate surface area is 211 Å². The lowest BCUT2D eigenvalue weighted by molar-refractivity contribution is -0.123. The Bertz CT molecular complexity index is 1410. The lowest BCUT2D eigenvalue weighted by atomic mass is 10.1. The molecule has 0 fully saturated rings. The Kier molecular flexibility index (Phi) is 7.92. The van der Waals surface area contributed by atoms with Crippen LogP contribution in [0.15, 0.2) is 90.6 Å². The van der Waals surface area contributed by atoms with Crippen molar-refractivity contribution in [1.82, 2.24) is 5.43 Å². The highest BCUT2D eigenvalue weighted by Crippen LogP contribution is 2.36. The number of hydrazone groups is 1. The summed E-state index contributed by atoms with van der Waals surface area (Å²) >= 11 is 7.67. The summed E-state index contributed by atoms with van der Waals surface area (Å²) < 4.78 is 12.1. The number of allylic oxidation sites excluding steroid dienone is 1. The van der Waals surface area contributed by atoms with Crippen molar-refractivity contribution in [2.24, 2.45) is 5.10 Å². The molecule has 35 heavy (non-hydrogen) atoms. The summed E-state index contributed by atoms with van der Waals surface area (Å²) in [6.07, 6.45) is 3.81. The van der Waals surface area contributed by atoms with Crippen LogP contribution in [-0.2, 0) is 11.2 Å². The quantitative estimate of drug-likeness (QED) is 0.0992. The highest BCUT2D eigenvalue weighted by Gasteiger charge is 2.19. The number of halogens is 1. The second kappa shape index (κ2) is 11.5. The van der Waals surface area contributed by atoms with Gasteiger partial charge in [-0.15, -0.1) is 17.9 Å². The van der Waals surface area contributed by atoms with Gasteiger partial charge in [-0.1, -0.05) is 66.2 Å². The maximum atomic E-state index is 12.8. The first kappa shape index (κ1) is 24.2. The summed E-state index contributed by atoms with van der Waals surface area (Å²) in [6, 6.07) is 21.8. The molecule has 0 saturated heterocycles. The van der Waals surface area contributed by atoms with Gasteiger partial charge in [-0.05, 0) is 36.2 Å². The van der Waals surface area contributed by atoms with E-state index in [1.807, 2.05) is 42.5 Å². The third-order valence-electron chi connectivity index (χ3n) is 4.93. The lowest BCUT2D eigenvalue weighted by Gasteiger charge is -2.09. The minimum absolute atomic E-state index is 0.202. The molecule has 0 radical (unpaired) electrons. The predicted molar refractivity (Wildman–Crippen MR) is 140 cm³/mol. The van der Waals surface area contributed by atoms with Crippen LogP contribution in [0, 0.1) is 0 Å². The molecule has 0 spiro atoms. The van der Waals surface area contributed by atoms with Gasteiger partial charge in [0.2, 0.25) is 0 Å². The van der Waals surface area contributed by atoms with Crippen LogP contribution in [0.2, 0.25) is 5.02 Å². The van der Waals surface area contributed by atoms with Crippen molar-refractivity contribution in [3.8, 4) is 11.5 Å². The third-order valence-corrected chi connectivity index (χ3v) is 6.59. The zero-order chi connectivity index (χ0) is 24.6. The number of carbonyl (C=O) groups is 2. The van der Waals surface area contributed by atoms with E-state index < -0.39 is 11.9 Å². The zero-order valence-electron chi connectivity index (χ0n) is 18.6. The Morgan fingerprint density at radius 3 is 2.51 bits per heavy atom. The van der Waals surface area contributed by atoms with Crippen LogP contribution in [0.25, 0.3) is 10.1 Å². The molecule has 0 aliphatic carbocycles. The molecule has 0 atom stereocenters. The first-order chi connectivity index (χ1) is 17.1. The topological polar surface area (TPSA) is 77.0 Å². The first-order valence-corrected chi connectivity index (χ1v) is 11.9. The van der Waals surface area contributed by atoms with E-state index in [-0.39, 0.29) is 6.61 Å². The monoisotopic (exact) mass is 504 g/mol. The molecule has 8 heteroatoms. The minimum atomic E-state index is -0.562. The second-order valence-electron chi connectivity index (χ2n) is 7.35. The largest absolute Gasteiger partial charge is 0.483 e. The van der Waals surface area contributed by atoms with Gasteiger partial charge in [0.1, 0.15) is 16.4 Å². The molecule has 1 heterocycles. The first-order valence-electron chi connectivity index (χ1n) is 10.7. The van der Waals surface area contributed by atoms with Crippen LogP contribution in [0.3, 0.4) is 0 Å².